The summed E-state index contributed by atoms with van der Waals surface area (Å²) in [4.78, 5) is 0. The molecule has 5 aromatic carbocycles. The topological polar surface area (TPSA) is 0 Å². The second-order valence-corrected chi connectivity index (χ2v) is 13.4. The van der Waals surface area contributed by atoms with Gasteiger partial charge in [0.2, 0.25) is 0 Å². The van der Waals surface area contributed by atoms with Gasteiger partial charge in [0.25, 0.3) is 0 Å². The van der Waals surface area contributed by atoms with Gasteiger partial charge in [-0.1, -0.05) is 146 Å². The van der Waals surface area contributed by atoms with Crippen LogP contribution in [-0.2, 0) is 0 Å². The molecule has 0 saturated carbocycles. The van der Waals surface area contributed by atoms with Crippen LogP contribution in [0.15, 0.2) is 133 Å². The molecule has 0 aliphatic heterocycles. The van der Waals surface area contributed by atoms with Gasteiger partial charge in [0.15, 0.2) is 0 Å². The van der Waals surface area contributed by atoms with Crippen LogP contribution in [0.4, 0.5) is 0 Å². The summed E-state index contributed by atoms with van der Waals surface area (Å²) < 4.78 is 0. The highest BCUT2D eigenvalue weighted by atomic mass is 28.3. The maximum Gasteiger partial charge on any atom is 0.113 e. The van der Waals surface area contributed by atoms with Gasteiger partial charge in [-0.15, -0.1) is 0 Å². The lowest BCUT2D eigenvalue weighted by molar-refractivity contribution is 1.55. The number of hydrogen-bond donors (Lipinski definition) is 0. The molecule has 1 heteroatoms. The van der Waals surface area contributed by atoms with Gasteiger partial charge < -0.3 is 0 Å². The van der Waals surface area contributed by atoms with E-state index in [1.807, 2.05) is 0 Å². The Balaban J connectivity index is 1.89. The van der Waals surface area contributed by atoms with Crippen molar-refractivity contribution in [2.24, 2.45) is 0 Å². The lowest BCUT2D eigenvalue weighted by Gasteiger charge is -2.31. The van der Waals surface area contributed by atoms with E-state index in [0.717, 1.165) is 0 Å². The minimum absolute atomic E-state index is 1.27. The first-order chi connectivity index (χ1) is 16.1. The Kier molecular flexibility index (Phi) is 5.81. The first kappa shape index (κ1) is 21.2. The number of benzene rings is 5. The number of fused-ring (bicyclic) bond motifs is 1. The summed E-state index contributed by atoms with van der Waals surface area (Å²) >= 11 is 0. The maximum absolute atomic E-state index is 2.48. The molecule has 0 saturated heterocycles. The third-order valence-electron chi connectivity index (χ3n) is 6.53. The van der Waals surface area contributed by atoms with Crippen molar-refractivity contribution in [3.63, 3.8) is 0 Å². The Labute approximate surface area is 197 Å². The molecule has 0 radical (unpaired) electrons. The van der Waals surface area contributed by atoms with Crippen molar-refractivity contribution in [1.29, 1.82) is 0 Å². The van der Waals surface area contributed by atoms with E-state index in [2.05, 4.69) is 147 Å². The van der Waals surface area contributed by atoms with Crippen molar-refractivity contribution in [1.82, 2.24) is 0 Å². The zero-order chi connectivity index (χ0) is 22.7. The smallest absolute Gasteiger partial charge is 0.0626 e. The quantitative estimate of drug-likeness (QED) is 0.192. The number of hydrogen-bond acceptors (Lipinski definition) is 0. The van der Waals surface area contributed by atoms with Crippen LogP contribution < -0.4 is 5.19 Å². The Hall–Kier alpha value is -3.68. The van der Waals surface area contributed by atoms with Crippen LogP contribution in [-0.4, -0.2) is 8.07 Å². The summed E-state index contributed by atoms with van der Waals surface area (Å²) in [5, 5.41) is 5.46. The molecule has 0 bridgehead atoms. The van der Waals surface area contributed by atoms with E-state index in [1.54, 1.807) is 0 Å². The Morgan fingerprint density at radius 1 is 0.455 bits per heavy atom. The second-order valence-electron chi connectivity index (χ2n) is 9.04. The molecule has 0 amide bonds. The zero-order valence-electron chi connectivity index (χ0n) is 19.2. The molecule has 0 atom stereocenters. The molecular weight excluding hydrogens is 412 g/mol. The molecule has 0 aromatic heterocycles. The summed E-state index contributed by atoms with van der Waals surface area (Å²) in [7, 11) is -2.07. The van der Waals surface area contributed by atoms with E-state index in [-0.39, 0.29) is 0 Å². The lowest BCUT2D eigenvalue weighted by atomic mass is 9.93. The molecular formula is C32H28Si. The van der Waals surface area contributed by atoms with Crippen LogP contribution in [0.1, 0.15) is 16.7 Å². The molecule has 0 nitrogen and oxygen atoms in total. The highest BCUT2D eigenvalue weighted by molar-refractivity contribution is 7.05. The normalized spacial score (nSPS) is 12.4. The minimum Gasteiger partial charge on any atom is -0.0626 e. The minimum atomic E-state index is -2.07. The van der Waals surface area contributed by atoms with E-state index in [4.69, 9.17) is 0 Å². The highest BCUT2D eigenvalue weighted by Gasteiger charge is 2.32. The lowest BCUT2D eigenvalue weighted by Crippen LogP contribution is -2.43. The van der Waals surface area contributed by atoms with Crippen molar-refractivity contribution < 1.29 is 0 Å². The van der Waals surface area contributed by atoms with Crippen LogP contribution in [0, 0.1) is 0 Å². The second kappa shape index (κ2) is 9.05. The standard InChI is InChI=1S/C32H28Si/c1-33(2,30-20-10-5-11-21-30)32(27-17-8-4-9-18-27)31(26-15-6-3-7-16-26)29-23-22-25-14-12-13-19-28(25)24-29/h3-24H,1-2H3/b32-31-. The molecule has 0 heterocycles. The molecule has 0 unspecified atom stereocenters. The van der Waals surface area contributed by atoms with Gasteiger partial charge in [0, 0.05) is 0 Å². The van der Waals surface area contributed by atoms with Crippen molar-refractivity contribution in [2.75, 3.05) is 0 Å². The molecule has 0 aliphatic rings. The van der Waals surface area contributed by atoms with E-state index >= 15 is 0 Å². The van der Waals surface area contributed by atoms with Crippen LogP contribution in [0.2, 0.25) is 13.1 Å². The predicted octanol–water partition coefficient (Wildman–Crippen LogP) is 7.95. The van der Waals surface area contributed by atoms with Gasteiger partial charge in [-0.05, 0) is 44.3 Å². The molecule has 0 aliphatic carbocycles. The molecule has 5 rings (SSSR count). The zero-order valence-corrected chi connectivity index (χ0v) is 20.2. The van der Waals surface area contributed by atoms with E-state index in [1.165, 1.54) is 43.4 Å². The fourth-order valence-corrected chi connectivity index (χ4v) is 7.94. The Bertz CT molecular complexity index is 1400. The molecule has 33 heavy (non-hydrogen) atoms. The largest absolute Gasteiger partial charge is 0.113 e. The van der Waals surface area contributed by atoms with Gasteiger partial charge >= 0.3 is 0 Å². The molecule has 0 fully saturated rings. The first-order valence-corrected chi connectivity index (χ1v) is 14.5. The highest BCUT2D eigenvalue weighted by Crippen LogP contribution is 2.38. The van der Waals surface area contributed by atoms with E-state index in [0.29, 0.717) is 0 Å². The predicted molar refractivity (Wildman–Crippen MR) is 146 cm³/mol. The van der Waals surface area contributed by atoms with E-state index < -0.39 is 8.07 Å². The fraction of sp³-hybridized carbons (Fsp3) is 0.0625. The fourth-order valence-electron chi connectivity index (χ4n) is 4.83. The Morgan fingerprint density at radius 2 is 0.970 bits per heavy atom. The van der Waals surface area contributed by atoms with Gasteiger partial charge in [-0.25, -0.2) is 0 Å². The number of rotatable bonds is 5. The van der Waals surface area contributed by atoms with Gasteiger partial charge in [-0.3, -0.25) is 0 Å². The Morgan fingerprint density at radius 3 is 1.61 bits per heavy atom. The third kappa shape index (κ3) is 4.20. The summed E-state index contributed by atoms with van der Waals surface area (Å²) in [6, 6.07) is 48.5. The summed E-state index contributed by atoms with van der Waals surface area (Å²) in [5.74, 6) is 0. The van der Waals surface area contributed by atoms with Gasteiger partial charge in [-0.2, -0.15) is 0 Å². The maximum atomic E-state index is 2.48. The van der Waals surface area contributed by atoms with Crippen molar-refractivity contribution in [3.8, 4) is 0 Å². The summed E-state index contributed by atoms with van der Waals surface area (Å²) in [5.41, 5.74) is 5.19. The van der Waals surface area contributed by atoms with Crippen LogP contribution in [0.5, 0.6) is 0 Å². The van der Waals surface area contributed by atoms with Crippen molar-refractivity contribution in [2.45, 2.75) is 13.1 Å². The molecule has 5 aromatic rings. The molecule has 160 valence electrons. The van der Waals surface area contributed by atoms with Crippen molar-refractivity contribution >= 4 is 34.8 Å². The van der Waals surface area contributed by atoms with Crippen molar-refractivity contribution in [3.05, 3.63) is 150 Å². The molecule has 0 spiro atoms. The van der Waals surface area contributed by atoms with Crippen LogP contribution in [0.25, 0.3) is 21.5 Å². The average Bonchev–Trinajstić information content (AvgIpc) is 2.88. The summed E-state index contributed by atoms with van der Waals surface area (Å²) in [6.45, 7) is 4.96. The molecule has 0 N–H and O–H groups in total. The first-order valence-electron chi connectivity index (χ1n) is 11.5. The monoisotopic (exact) mass is 440 g/mol. The SMILES string of the molecule is C[Si](C)(/C(=C(/c1ccccc1)c1ccc2ccccc2c1)c1ccccc1)c1ccccc1. The van der Waals surface area contributed by atoms with Crippen LogP contribution in [0.3, 0.4) is 0 Å². The van der Waals surface area contributed by atoms with Gasteiger partial charge in [0.1, 0.15) is 8.07 Å². The third-order valence-corrected chi connectivity index (χ3v) is 10.1. The summed E-state index contributed by atoms with van der Waals surface area (Å²) in [6.07, 6.45) is 0. The van der Waals surface area contributed by atoms with E-state index in [9.17, 15) is 0 Å². The van der Waals surface area contributed by atoms with Crippen LogP contribution >= 0.6 is 0 Å². The average molecular weight is 441 g/mol. The van der Waals surface area contributed by atoms with Gasteiger partial charge in [0.05, 0.1) is 0 Å².